The highest BCUT2D eigenvalue weighted by Crippen LogP contribution is 2.68. The van der Waals surface area contributed by atoms with E-state index in [1.54, 1.807) is 0 Å². The number of carbonyl (C=O) groups excluding carboxylic acids is 2. The van der Waals surface area contributed by atoms with E-state index in [2.05, 4.69) is 6.92 Å². The predicted octanol–water partition coefficient (Wildman–Crippen LogP) is 4.33. The second-order valence-electron chi connectivity index (χ2n) is 9.95. The normalized spacial score (nSPS) is 49.3. The first-order chi connectivity index (χ1) is 12.5. The maximum Gasteiger partial charge on any atom is 0.245 e. The summed E-state index contributed by atoms with van der Waals surface area (Å²) in [5, 5.41) is 11.2. The lowest BCUT2D eigenvalue weighted by molar-refractivity contribution is -0.162. The number of hydrogen-bond acceptors (Lipinski definition) is 3. The smallest absolute Gasteiger partial charge is 0.245 e. The average molecular weight is 380 g/mol. The van der Waals surface area contributed by atoms with Gasteiger partial charge in [-0.25, -0.2) is 8.78 Å². The van der Waals surface area contributed by atoms with Crippen molar-refractivity contribution in [2.45, 2.75) is 77.7 Å². The zero-order valence-electron chi connectivity index (χ0n) is 16.4. The molecule has 7 atom stereocenters. The molecule has 0 amide bonds. The van der Waals surface area contributed by atoms with E-state index in [0.717, 1.165) is 19.3 Å². The average Bonchev–Trinajstić information content (AvgIpc) is 2.88. The quantitative estimate of drug-likeness (QED) is 0.776. The number of fused-ring (bicyclic) bond motifs is 5. The Kier molecular flexibility index (Phi) is 4.24. The SMILES string of the molecule is CC(=O)[C@@]1(O)CC[C@H]2[C@@H]3C[C@H](C(F)F)C4=CC(=O)CC[C@]4(C)[C@H]3CC[C@@]21C. The summed E-state index contributed by atoms with van der Waals surface area (Å²) in [6.07, 6.45) is 3.19. The molecule has 4 aliphatic rings. The number of aliphatic hydroxyl groups is 1. The van der Waals surface area contributed by atoms with E-state index in [-0.39, 0.29) is 34.7 Å². The lowest BCUT2D eigenvalue weighted by Gasteiger charge is -2.60. The summed E-state index contributed by atoms with van der Waals surface area (Å²) >= 11 is 0. The fourth-order valence-corrected chi connectivity index (χ4v) is 7.53. The minimum atomic E-state index is -2.48. The Morgan fingerprint density at radius 2 is 1.85 bits per heavy atom. The van der Waals surface area contributed by atoms with Gasteiger partial charge in [-0.1, -0.05) is 19.4 Å². The van der Waals surface area contributed by atoms with Gasteiger partial charge in [-0.2, -0.15) is 0 Å². The number of allylic oxidation sites excluding steroid dienone is 1. The fraction of sp³-hybridized carbons (Fsp3) is 0.818. The van der Waals surface area contributed by atoms with Crippen LogP contribution < -0.4 is 0 Å². The van der Waals surface area contributed by atoms with Crippen LogP contribution in [0.5, 0.6) is 0 Å². The summed E-state index contributed by atoms with van der Waals surface area (Å²) in [7, 11) is 0. The molecule has 0 aromatic carbocycles. The van der Waals surface area contributed by atoms with Crippen molar-refractivity contribution in [2.75, 3.05) is 0 Å². The maximum absolute atomic E-state index is 14.0. The van der Waals surface area contributed by atoms with Gasteiger partial charge in [0.15, 0.2) is 11.6 Å². The molecule has 4 aliphatic carbocycles. The van der Waals surface area contributed by atoms with E-state index in [0.29, 0.717) is 31.3 Å². The van der Waals surface area contributed by atoms with Crippen molar-refractivity contribution in [2.24, 2.45) is 34.5 Å². The van der Waals surface area contributed by atoms with Gasteiger partial charge in [0.05, 0.1) is 0 Å². The van der Waals surface area contributed by atoms with Crippen molar-refractivity contribution >= 4 is 11.6 Å². The van der Waals surface area contributed by atoms with Gasteiger partial charge in [0.2, 0.25) is 6.43 Å². The highest BCUT2D eigenvalue weighted by Gasteiger charge is 2.66. The zero-order valence-corrected chi connectivity index (χ0v) is 16.4. The van der Waals surface area contributed by atoms with Crippen LogP contribution >= 0.6 is 0 Å². The van der Waals surface area contributed by atoms with Crippen molar-refractivity contribution in [1.82, 2.24) is 0 Å². The first-order valence-corrected chi connectivity index (χ1v) is 10.3. The van der Waals surface area contributed by atoms with Crippen molar-refractivity contribution in [1.29, 1.82) is 0 Å². The van der Waals surface area contributed by atoms with Gasteiger partial charge in [0, 0.05) is 17.8 Å². The number of ketones is 2. The van der Waals surface area contributed by atoms with Crippen LogP contribution in [0, 0.1) is 34.5 Å². The Morgan fingerprint density at radius 3 is 2.48 bits per heavy atom. The summed E-state index contributed by atoms with van der Waals surface area (Å²) in [5.41, 5.74) is -1.56. The molecule has 3 nitrogen and oxygen atoms in total. The summed E-state index contributed by atoms with van der Waals surface area (Å²) in [6, 6.07) is 0. The molecule has 0 aromatic rings. The molecule has 3 saturated carbocycles. The highest BCUT2D eigenvalue weighted by atomic mass is 19.3. The van der Waals surface area contributed by atoms with Crippen LogP contribution in [0.25, 0.3) is 0 Å². The number of Topliss-reactive ketones (excluding diaryl/α,β-unsaturated/α-hetero) is 1. The topological polar surface area (TPSA) is 54.4 Å². The molecule has 0 saturated heterocycles. The van der Waals surface area contributed by atoms with Gasteiger partial charge in [-0.05, 0) is 74.7 Å². The third-order valence-corrected chi connectivity index (χ3v) is 9.09. The van der Waals surface area contributed by atoms with Crippen molar-refractivity contribution in [3.05, 3.63) is 11.6 Å². The number of rotatable bonds is 2. The molecule has 4 rings (SSSR count). The molecule has 27 heavy (non-hydrogen) atoms. The molecular weight excluding hydrogens is 350 g/mol. The van der Waals surface area contributed by atoms with Gasteiger partial charge in [-0.15, -0.1) is 0 Å². The molecule has 0 heterocycles. The van der Waals surface area contributed by atoms with Crippen LogP contribution in [0.15, 0.2) is 11.6 Å². The number of carbonyl (C=O) groups is 2. The number of halogens is 2. The van der Waals surface area contributed by atoms with Crippen LogP contribution in [0.3, 0.4) is 0 Å². The van der Waals surface area contributed by atoms with Crippen LogP contribution in [-0.4, -0.2) is 28.7 Å². The van der Waals surface area contributed by atoms with Crippen molar-refractivity contribution in [3.8, 4) is 0 Å². The minimum absolute atomic E-state index is 0.0287. The summed E-state index contributed by atoms with van der Waals surface area (Å²) in [5.74, 6) is -0.691. The van der Waals surface area contributed by atoms with E-state index < -0.39 is 23.4 Å². The molecule has 150 valence electrons. The Hall–Kier alpha value is -1.10. The summed E-state index contributed by atoms with van der Waals surface area (Å²) in [6.45, 7) is 5.53. The molecule has 0 aromatic heterocycles. The lowest BCUT2D eigenvalue weighted by atomic mass is 9.44. The van der Waals surface area contributed by atoms with Crippen LogP contribution in [0.1, 0.15) is 65.7 Å². The van der Waals surface area contributed by atoms with Crippen molar-refractivity contribution < 1.29 is 23.5 Å². The molecule has 0 bridgehead atoms. The van der Waals surface area contributed by atoms with Gasteiger partial charge in [0.25, 0.3) is 0 Å². The predicted molar refractivity (Wildman–Crippen MR) is 97.2 cm³/mol. The second kappa shape index (κ2) is 5.95. The monoisotopic (exact) mass is 380 g/mol. The highest BCUT2D eigenvalue weighted by molar-refractivity contribution is 5.91. The Labute approximate surface area is 159 Å². The molecule has 3 fully saturated rings. The molecule has 0 aliphatic heterocycles. The van der Waals surface area contributed by atoms with E-state index in [4.69, 9.17) is 0 Å². The Morgan fingerprint density at radius 1 is 1.19 bits per heavy atom. The second-order valence-corrected chi connectivity index (χ2v) is 9.95. The molecular formula is C22H30F2O3. The molecule has 0 spiro atoms. The third kappa shape index (κ3) is 2.39. The molecule has 0 unspecified atom stereocenters. The number of alkyl halides is 2. The van der Waals surface area contributed by atoms with Crippen LogP contribution in [0.4, 0.5) is 8.78 Å². The first-order valence-electron chi connectivity index (χ1n) is 10.3. The fourth-order valence-electron chi connectivity index (χ4n) is 7.53. The number of hydrogen-bond donors (Lipinski definition) is 1. The first kappa shape index (κ1) is 19.2. The standard InChI is InChI=1S/C22H30F2O3/c1-12(25)22(27)9-6-17-14-11-15(19(23)24)18-10-13(26)4-7-20(18,2)16(14)5-8-21(17,22)3/h10,14-17,19,27H,4-9,11H2,1-3H3/t14-,15+,16+,17+,20-,21+,22+/m1/s1. The van der Waals surface area contributed by atoms with Crippen molar-refractivity contribution in [3.63, 3.8) is 0 Å². The third-order valence-electron chi connectivity index (χ3n) is 9.09. The Balaban J connectivity index is 1.77. The summed E-state index contributed by atoms with van der Waals surface area (Å²) in [4.78, 5) is 24.3. The lowest BCUT2D eigenvalue weighted by Crippen LogP contribution is -2.58. The maximum atomic E-state index is 14.0. The van der Waals surface area contributed by atoms with Gasteiger partial charge in [0.1, 0.15) is 5.60 Å². The zero-order chi connectivity index (χ0) is 19.8. The van der Waals surface area contributed by atoms with Gasteiger partial charge >= 0.3 is 0 Å². The molecule has 5 heteroatoms. The van der Waals surface area contributed by atoms with E-state index in [9.17, 15) is 23.5 Å². The Bertz CT molecular complexity index is 716. The van der Waals surface area contributed by atoms with E-state index in [1.807, 2.05) is 6.92 Å². The molecule has 0 radical (unpaired) electrons. The molecule has 1 N–H and O–H groups in total. The van der Waals surface area contributed by atoms with Gasteiger partial charge < -0.3 is 5.11 Å². The van der Waals surface area contributed by atoms with Gasteiger partial charge in [-0.3, -0.25) is 9.59 Å². The minimum Gasteiger partial charge on any atom is -0.382 e. The van der Waals surface area contributed by atoms with Crippen LogP contribution in [-0.2, 0) is 9.59 Å². The summed E-state index contributed by atoms with van der Waals surface area (Å²) < 4.78 is 28.0. The van der Waals surface area contributed by atoms with E-state index >= 15 is 0 Å². The van der Waals surface area contributed by atoms with Crippen LogP contribution in [0.2, 0.25) is 0 Å². The largest absolute Gasteiger partial charge is 0.382 e. The van der Waals surface area contributed by atoms with E-state index in [1.165, 1.54) is 13.0 Å².